The van der Waals surface area contributed by atoms with Gasteiger partial charge in [-0.15, -0.1) is 0 Å². The Hall–Kier alpha value is -2.74. The number of hydrogen-bond donors (Lipinski definition) is 1. The lowest BCUT2D eigenvalue weighted by Gasteiger charge is -2.19. The van der Waals surface area contributed by atoms with Crippen molar-refractivity contribution in [2.45, 2.75) is 25.5 Å². The SMILES string of the molecule is CO[C@@H]1CN(c2ccnc(N(C)C)n2)C[C@@H]1NC(=O)Cc1cc(C)ccn1. The molecule has 144 valence electrons. The summed E-state index contributed by atoms with van der Waals surface area (Å²) in [5.74, 6) is 1.42. The first kappa shape index (κ1) is 19.0. The van der Waals surface area contributed by atoms with Crippen LogP contribution in [0.5, 0.6) is 0 Å². The number of aryl methyl sites for hydroxylation is 1. The van der Waals surface area contributed by atoms with E-state index >= 15 is 0 Å². The van der Waals surface area contributed by atoms with Gasteiger partial charge in [0.25, 0.3) is 0 Å². The molecule has 2 aromatic rings. The van der Waals surface area contributed by atoms with Gasteiger partial charge >= 0.3 is 0 Å². The van der Waals surface area contributed by atoms with Gasteiger partial charge in [-0.1, -0.05) is 0 Å². The molecule has 2 atom stereocenters. The Morgan fingerprint density at radius 3 is 2.78 bits per heavy atom. The van der Waals surface area contributed by atoms with E-state index in [2.05, 4.69) is 25.2 Å². The zero-order chi connectivity index (χ0) is 19.4. The molecule has 0 unspecified atom stereocenters. The molecule has 0 aromatic carbocycles. The van der Waals surface area contributed by atoms with E-state index in [9.17, 15) is 4.79 Å². The Morgan fingerprint density at radius 1 is 1.30 bits per heavy atom. The van der Waals surface area contributed by atoms with Crippen molar-refractivity contribution in [2.75, 3.05) is 44.1 Å². The Labute approximate surface area is 159 Å². The van der Waals surface area contributed by atoms with Crippen LogP contribution in [-0.2, 0) is 16.0 Å². The molecule has 1 aliphatic rings. The third-order valence-electron chi connectivity index (χ3n) is 4.58. The lowest BCUT2D eigenvalue weighted by Crippen LogP contribution is -2.44. The van der Waals surface area contributed by atoms with Crippen molar-refractivity contribution in [3.63, 3.8) is 0 Å². The van der Waals surface area contributed by atoms with Crippen molar-refractivity contribution in [3.05, 3.63) is 41.9 Å². The van der Waals surface area contributed by atoms with Crippen molar-refractivity contribution >= 4 is 17.7 Å². The maximum Gasteiger partial charge on any atom is 0.226 e. The minimum Gasteiger partial charge on any atom is -0.377 e. The van der Waals surface area contributed by atoms with Crippen molar-refractivity contribution in [1.29, 1.82) is 0 Å². The minimum atomic E-state index is -0.106. The molecule has 8 heteroatoms. The number of nitrogens with one attached hydrogen (secondary N) is 1. The smallest absolute Gasteiger partial charge is 0.226 e. The zero-order valence-corrected chi connectivity index (χ0v) is 16.2. The topological polar surface area (TPSA) is 83.5 Å². The average Bonchev–Trinajstić information content (AvgIpc) is 3.04. The van der Waals surface area contributed by atoms with Gasteiger partial charge < -0.3 is 19.9 Å². The molecule has 0 bridgehead atoms. The number of anilines is 2. The van der Waals surface area contributed by atoms with Gasteiger partial charge in [-0.05, 0) is 30.7 Å². The molecule has 1 N–H and O–H groups in total. The standard InChI is InChI=1S/C19H26N6O2/c1-13-5-7-20-14(9-13)10-18(26)22-15-11-25(12-16(15)27-4)17-6-8-21-19(23-17)24(2)3/h5-9,15-16H,10-12H2,1-4H3,(H,22,26)/t15-,16+/m0/s1. The number of carbonyl (C=O) groups excluding carboxylic acids is 1. The summed E-state index contributed by atoms with van der Waals surface area (Å²) in [6.45, 7) is 3.28. The number of hydrogen-bond acceptors (Lipinski definition) is 7. The lowest BCUT2D eigenvalue weighted by molar-refractivity contribution is -0.121. The predicted octanol–water partition coefficient (Wildman–Crippen LogP) is 0.809. The highest BCUT2D eigenvalue weighted by atomic mass is 16.5. The van der Waals surface area contributed by atoms with E-state index in [1.807, 2.05) is 44.1 Å². The summed E-state index contributed by atoms with van der Waals surface area (Å²) in [7, 11) is 5.48. The molecule has 1 saturated heterocycles. The van der Waals surface area contributed by atoms with Crippen molar-refractivity contribution < 1.29 is 9.53 Å². The summed E-state index contributed by atoms with van der Waals surface area (Å²) in [5.41, 5.74) is 1.86. The van der Waals surface area contributed by atoms with Crippen LogP contribution in [0.3, 0.4) is 0 Å². The van der Waals surface area contributed by atoms with Gasteiger partial charge in [-0.25, -0.2) is 4.98 Å². The van der Waals surface area contributed by atoms with Gasteiger partial charge in [0.2, 0.25) is 11.9 Å². The van der Waals surface area contributed by atoms with E-state index in [0.29, 0.717) is 19.0 Å². The first-order chi connectivity index (χ1) is 13.0. The summed E-state index contributed by atoms with van der Waals surface area (Å²) in [5, 5.41) is 3.09. The number of rotatable bonds is 6. The lowest BCUT2D eigenvalue weighted by atomic mass is 10.1. The van der Waals surface area contributed by atoms with Crippen LogP contribution in [-0.4, -0.2) is 67.3 Å². The van der Waals surface area contributed by atoms with Gasteiger partial charge in [0, 0.05) is 52.4 Å². The second kappa shape index (κ2) is 8.30. The number of nitrogens with zero attached hydrogens (tertiary/aromatic N) is 5. The highest BCUT2D eigenvalue weighted by molar-refractivity contribution is 5.78. The number of ether oxygens (including phenoxy) is 1. The monoisotopic (exact) mass is 370 g/mol. The third kappa shape index (κ3) is 4.71. The molecule has 0 spiro atoms. The summed E-state index contributed by atoms with van der Waals surface area (Å²) in [6, 6.07) is 5.62. The zero-order valence-electron chi connectivity index (χ0n) is 16.2. The van der Waals surface area contributed by atoms with Crippen LogP contribution < -0.4 is 15.1 Å². The largest absolute Gasteiger partial charge is 0.377 e. The van der Waals surface area contributed by atoms with Gasteiger partial charge in [0.05, 0.1) is 18.6 Å². The molecule has 0 saturated carbocycles. The molecule has 0 aliphatic carbocycles. The van der Waals surface area contributed by atoms with Gasteiger partial charge in [-0.3, -0.25) is 9.78 Å². The van der Waals surface area contributed by atoms with E-state index in [0.717, 1.165) is 17.1 Å². The fourth-order valence-electron chi connectivity index (χ4n) is 3.19. The van der Waals surface area contributed by atoms with Crippen LogP contribution in [0.15, 0.2) is 30.6 Å². The Kier molecular flexibility index (Phi) is 5.85. The molecule has 1 fully saturated rings. The summed E-state index contributed by atoms with van der Waals surface area (Å²) in [4.78, 5) is 29.5. The summed E-state index contributed by atoms with van der Waals surface area (Å²) < 4.78 is 5.60. The Bertz CT molecular complexity index is 797. The van der Waals surface area contributed by atoms with Crippen LogP contribution in [0.1, 0.15) is 11.3 Å². The van der Waals surface area contributed by atoms with E-state index in [1.165, 1.54) is 0 Å². The van der Waals surface area contributed by atoms with E-state index in [-0.39, 0.29) is 24.5 Å². The van der Waals surface area contributed by atoms with Crippen molar-refractivity contribution in [1.82, 2.24) is 20.3 Å². The second-order valence-corrected chi connectivity index (χ2v) is 6.96. The molecular formula is C19H26N6O2. The molecule has 1 aliphatic heterocycles. The summed E-state index contributed by atoms with van der Waals surface area (Å²) in [6.07, 6.45) is 3.63. The highest BCUT2D eigenvalue weighted by Gasteiger charge is 2.34. The number of carbonyl (C=O) groups is 1. The van der Waals surface area contributed by atoms with Crippen LogP contribution in [0, 0.1) is 6.92 Å². The van der Waals surface area contributed by atoms with Gasteiger partial charge in [0.1, 0.15) is 5.82 Å². The fraction of sp³-hybridized carbons (Fsp3) is 0.474. The molecule has 27 heavy (non-hydrogen) atoms. The van der Waals surface area contributed by atoms with Gasteiger partial charge in [-0.2, -0.15) is 4.98 Å². The van der Waals surface area contributed by atoms with Crippen LogP contribution in [0.4, 0.5) is 11.8 Å². The molecule has 3 heterocycles. The molecule has 2 aromatic heterocycles. The average molecular weight is 370 g/mol. The number of pyridine rings is 1. The second-order valence-electron chi connectivity index (χ2n) is 6.96. The fourth-order valence-corrected chi connectivity index (χ4v) is 3.19. The molecule has 3 rings (SSSR count). The molecule has 8 nitrogen and oxygen atoms in total. The maximum atomic E-state index is 12.5. The van der Waals surface area contributed by atoms with E-state index in [4.69, 9.17) is 4.74 Å². The molecular weight excluding hydrogens is 344 g/mol. The summed E-state index contributed by atoms with van der Waals surface area (Å²) >= 11 is 0. The first-order valence-electron chi connectivity index (χ1n) is 8.95. The van der Waals surface area contributed by atoms with E-state index < -0.39 is 0 Å². The number of aromatic nitrogens is 3. The predicted molar refractivity (Wildman–Crippen MR) is 104 cm³/mol. The van der Waals surface area contributed by atoms with E-state index in [1.54, 1.807) is 19.5 Å². The van der Waals surface area contributed by atoms with Crippen LogP contribution >= 0.6 is 0 Å². The number of methoxy groups -OCH3 is 1. The minimum absolute atomic E-state index is 0.0568. The van der Waals surface area contributed by atoms with Crippen LogP contribution in [0.2, 0.25) is 0 Å². The Morgan fingerprint density at radius 2 is 2.07 bits per heavy atom. The van der Waals surface area contributed by atoms with Crippen LogP contribution in [0.25, 0.3) is 0 Å². The third-order valence-corrected chi connectivity index (χ3v) is 4.58. The molecule has 1 amide bonds. The molecule has 0 radical (unpaired) electrons. The highest BCUT2D eigenvalue weighted by Crippen LogP contribution is 2.21. The normalized spacial score (nSPS) is 19.2. The Balaban J connectivity index is 1.65. The van der Waals surface area contributed by atoms with Crippen molar-refractivity contribution in [2.24, 2.45) is 0 Å². The van der Waals surface area contributed by atoms with Gasteiger partial charge in [0.15, 0.2) is 0 Å². The number of amides is 1. The first-order valence-corrected chi connectivity index (χ1v) is 8.95. The van der Waals surface area contributed by atoms with Crippen molar-refractivity contribution in [3.8, 4) is 0 Å². The maximum absolute atomic E-state index is 12.5. The quantitative estimate of drug-likeness (QED) is 0.805.